The van der Waals surface area contributed by atoms with Crippen LogP contribution >= 0.6 is 11.6 Å². The predicted molar refractivity (Wildman–Crippen MR) is 73.1 cm³/mol. The summed E-state index contributed by atoms with van der Waals surface area (Å²) in [6.45, 7) is 3.92. The summed E-state index contributed by atoms with van der Waals surface area (Å²) in [5, 5.41) is 11.6. The number of halogens is 1. The van der Waals surface area contributed by atoms with Gasteiger partial charge in [-0.3, -0.25) is 0 Å². The van der Waals surface area contributed by atoms with Gasteiger partial charge in [0.05, 0.1) is 6.04 Å². The predicted octanol–water partition coefficient (Wildman–Crippen LogP) is 2.49. The van der Waals surface area contributed by atoms with Gasteiger partial charge in [0.2, 0.25) is 0 Å². The lowest BCUT2D eigenvalue weighted by atomic mass is 10.0. The van der Waals surface area contributed by atoms with Gasteiger partial charge in [0.15, 0.2) is 0 Å². The van der Waals surface area contributed by atoms with Crippen LogP contribution in [0.2, 0.25) is 5.02 Å². The first-order valence-corrected chi connectivity index (χ1v) is 6.46. The van der Waals surface area contributed by atoms with Crippen molar-refractivity contribution in [3.63, 3.8) is 0 Å². The van der Waals surface area contributed by atoms with Gasteiger partial charge in [0.1, 0.15) is 0 Å². The Labute approximate surface area is 117 Å². The van der Waals surface area contributed by atoms with E-state index in [0.29, 0.717) is 5.02 Å². The van der Waals surface area contributed by atoms with E-state index in [2.05, 4.69) is 0 Å². The van der Waals surface area contributed by atoms with Crippen LogP contribution in [0.4, 0.5) is 0 Å². The lowest BCUT2D eigenvalue weighted by Crippen LogP contribution is -2.27. The Bertz CT molecular complexity index is 584. The molecule has 1 aromatic heterocycles. The van der Waals surface area contributed by atoms with Crippen LogP contribution in [0.15, 0.2) is 36.4 Å². The zero-order valence-corrected chi connectivity index (χ0v) is 11.6. The number of aromatic nitrogens is 1. The molecule has 0 saturated heterocycles. The smallest absolute Gasteiger partial charge is 0.0637 e. The van der Waals surface area contributed by atoms with Gasteiger partial charge in [-0.2, -0.15) is 0 Å². The second-order valence-corrected chi connectivity index (χ2v) is 5.07. The molecule has 1 aromatic carbocycles. The molecule has 100 valence electrons. The van der Waals surface area contributed by atoms with Crippen LogP contribution in [-0.4, -0.2) is 10.5 Å². The molecule has 0 fully saturated rings. The van der Waals surface area contributed by atoms with Gasteiger partial charge < -0.3 is 14.5 Å². The van der Waals surface area contributed by atoms with Gasteiger partial charge in [0, 0.05) is 28.8 Å². The second-order valence-electron chi connectivity index (χ2n) is 4.63. The van der Waals surface area contributed by atoms with Crippen LogP contribution in [0.1, 0.15) is 29.4 Å². The Hall–Kier alpha value is -1.74. The minimum atomic E-state index is -1.07. The molecule has 0 saturated carbocycles. The number of carboxylic acid groups (broad SMARTS) is 1. The fourth-order valence-electron chi connectivity index (χ4n) is 2.40. The number of carboxylic acids is 1. The van der Waals surface area contributed by atoms with Crippen LogP contribution in [0.3, 0.4) is 0 Å². The van der Waals surface area contributed by atoms with Gasteiger partial charge in [-0.05, 0) is 43.7 Å². The fraction of sp³-hybridized carbons (Fsp3) is 0.267. The molecule has 0 aliphatic rings. The molecule has 0 bridgehead atoms. The Morgan fingerprint density at radius 3 is 2.42 bits per heavy atom. The van der Waals surface area contributed by atoms with Crippen LogP contribution in [0.5, 0.6) is 0 Å². The number of aliphatic carboxylic acids is 1. The van der Waals surface area contributed by atoms with E-state index in [1.54, 1.807) is 12.1 Å². The summed E-state index contributed by atoms with van der Waals surface area (Å²) in [7, 11) is 0. The van der Waals surface area contributed by atoms with Crippen molar-refractivity contribution in [3.8, 4) is 0 Å². The van der Waals surface area contributed by atoms with Gasteiger partial charge in [-0.25, -0.2) is 0 Å². The minimum Gasteiger partial charge on any atom is -0.550 e. The van der Waals surface area contributed by atoms with Crippen LogP contribution in [-0.2, 0) is 4.79 Å². The Morgan fingerprint density at radius 2 is 1.89 bits per heavy atom. The molecular formula is C15H15ClNO2-. The van der Waals surface area contributed by atoms with E-state index in [1.807, 2.05) is 42.7 Å². The monoisotopic (exact) mass is 276 g/mol. The summed E-state index contributed by atoms with van der Waals surface area (Å²) in [6.07, 6.45) is -0.0727. The number of hydrogen-bond donors (Lipinski definition) is 0. The Morgan fingerprint density at radius 1 is 1.26 bits per heavy atom. The fourth-order valence-corrected chi connectivity index (χ4v) is 2.60. The van der Waals surface area contributed by atoms with Crippen molar-refractivity contribution >= 4 is 17.6 Å². The highest BCUT2D eigenvalue weighted by Gasteiger charge is 2.17. The summed E-state index contributed by atoms with van der Waals surface area (Å²) in [4.78, 5) is 11.0. The van der Waals surface area contributed by atoms with E-state index in [-0.39, 0.29) is 12.5 Å². The van der Waals surface area contributed by atoms with Gasteiger partial charge in [-0.1, -0.05) is 23.7 Å². The second kappa shape index (κ2) is 5.49. The molecule has 0 aliphatic heterocycles. The number of aryl methyl sites for hydroxylation is 2. The molecule has 0 N–H and O–H groups in total. The molecule has 0 spiro atoms. The van der Waals surface area contributed by atoms with E-state index >= 15 is 0 Å². The van der Waals surface area contributed by atoms with Crippen molar-refractivity contribution in [1.82, 2.24) is 4.57 Å². The lowest BCUT2D eigenvalue weighted by molar-refractivity contribution is -0.306. The SMILES string of the molecule is Cc1ccc(C)n1[C@H](CC(=O)[O-])c1cccc(Cl)c1. The maximum atomic E-state index is 11.0. The number of carbonyl (C=O) groups is 1. The van der Waals surface area contributed by atoms with Gasteiger partial charge in [-0.15, -0.1) is 0 Å². The van der Waals surface area contributed by atoms with Gasteiger partial charge >= 0.3 is 0 Å². The van der Waals surface area contributed by atoms with E-state index in [0.717, 1.165) is 17.0 Å². The molecule has 1 atom stereocenters. The Balaban J connectivity index is 2.50. The first kappa shape index (κ1) is 13.7. The molecule has 1 heterocycles. The largest absolute Gasteiger partial charge is 0.550 e. The Kier molecular flexibility index (Phi) is 3.96. The normalized spacial score (nSPS) is 12.4. The van der Waals surface area contributed by atoms with Crippen molar-refractivity contribution in [2.24, 2.45) is 0 Å². The first-order chi connectivity index (χ1) is 8.99. The molecular weight excluding hydrogens is 262 g/mol. The third-order valence-electron chi connectivity index (χ3n) is 3.23. The number of rotatable bonds is 4. The zero-order chi connectivity index (χ0) is 14.0. The van der Waals surface area contributed by atoms with Crippen molar-refractivity contribution in [2.75, 3.05) is 0 Å². The molecule has 2 rings (SSSR count). The van der Waals surface area contributed by atoms with Crippen molar-refractivity contribution in [1.29, 1.82) is 0 Å². The van der Waals surface area contributed by atoms with E-state index in [9.17, 15) is 9.90 Å². The minimum absolute atomic E-state index is 0.0727. The number of benzene rings is 1. The molecule has 4 heteroatoms. The summed E-state index contributed by atoms with van der Waals surface area (Å²) >= 11 is 5.99. The van der Waals surface area contributed by atoms with Crippen LogP contribution in [0.25, 0.3) is 0 Å². The zero-order valence-electron chi connectivity index (χ0n) is 10.9. The van der Waals surface area contributed by atoms with Gasteiger partial charge in [0.25, 0.3) is 0 Å². The number of nitrogens with zero attached hydrogens (tertiary/aromatic N) is 1. The molecule has 2 aromatic rings. The topological polar surface area (TPSA) is 45.1 Å². The molecule has 0 amide bonds. The summed E-state index contributed by atoms with van der Waals surface area (Å²) < 4.78 is 2.00. The molecule has 0 radical (unpaired) electrons. The number of carbonyl (C=O) groups excluding carboxylic acids is 1. The molecule has 3 nitrogen and oxygen atoms in total. The molecule has 0 aliphatic carbocycles. The summed E-state index contributed by atoms with van der Waals surface area (Å²) in [6, 6.07) is 10.9. The molecule has 0 unspecified atom stereocenters. The highest BCUT2D eigenvalue weighted by molar-refractivity contribution is 6.30. The average molecular weight is 277 g/mol. The van der Waals surface area contributed by atoms with Crippen molar-refractivity contribution in [2.45, 2.75) is 26.3 Å². The van der Waals surface area contributed by atoms with E-state index < -0.39 is 5.97 Å². The lowest BCUT2D eigenvalue weighted by Gasteiger charge is -2.24. The quantitative estimate of drug-likeness (QED) is 0.861. The van der Waals surface area contributed by atoms with Crippen LogP contribution in [0, 0.1) is 13.8 Å². The maximum absolute atomic E-state index is 11.0. The van der Waals surface area contributed by atoms with Crippen LogP contribution < -0.4 is 5.11 Å². The third-order valence-corrected chi connectivity index (χ3v) is 3.47. The van der Waals surface area contributed by atoms with Crippen molar-refractivity contribution in [3.05, 3.63) is 58.4 Å². The first-order valence-electron chi connectivity index (χ1n) is 6.09. The summed E-state index contributed by atoms with van der Waals surface area (Å²) in [5.74, 6) is -1.07. The highest BCUT2D eigenvalue weighted by Crippen LogP contribution is 2.27. The van der Waals surface area contributed by atoms with E-state index in [4.69, 9.17) is 11.6 Å². The molecule has 19 heavy (non-hydrogen) atoms. The standard InChI is InChI=1S/C15H16ClNO2/c1-10-6-7-11(2)17(10)14(9-15(18)19)12-4-3-5-13(16)8-12/h3-8,14H,9H2,1-2H3,(H,18,19)/p-1/t14-/m1/s1. The average Bonchev–Trinajstić information content (AvgIpc) is 2.66. The third kappa shape index (κ3) is 2.99. The number of hydrogen-bond acceptors (Lipinski definition) is 2. The van der Waals surface area contributed by atoms with Crippen molar-refractivity contribution < 1.29 is 9.90 Å². The van der Waals surface area contributed by atoms with E-state index in [1.165, 1.54) is 0 Å². The summed E-state index contributed by atoms with van der Waals surface area (Å²) in [5.41, 5.74) is 2.91. The highest BCUT2D eigenvalue weighted by atomic mass is 35.5. The maximum Gasteiger partial charge on any atom is 0.0637 e.